The second-order valence-electron chi connectivity index (χ2n) is 3.06. The van der Waals surface area contributed by atoms with Crippen LogP contribution in [0.15, 0.2) is 18.5 Å². The van der Waals surface area contributed by atoms with Crippen molar-refractivity contribution in [2.24, 2.45) is 0 Å². The molecule has 0 amide bonds. The number of nitrogens with one attached hydrogen (secondary N) is 1. The second kappa shape index (κ2) is 5.55. The molecule has 0 spiro atoms. The maximum Gasteiger partial charge on any atom is 0.411 e. The third-order valence-electron chi connectivity index (χ3n) is 1.68. The molecule has 1 aromatic heterocycles. The van der Waals surface area contributed by atoms with Crippen molar-refractivity contribution in [1.82, 2.24) is 4.98 Å². The number of hydrogen-bond acceptors (Lipinski definition) is 4. The lowest BCUT2D eigenvalue weighted by Gasteiger charge is -2.10. The Hall–Kier alpha value is -1.50. The minimum Gasteiger partial charge on any atom is -0.396 e. The van der Waals surface area contributed by atoms with Crippen LogP contribution in [-0.4, -0.2) is 30.9 Å². The first kappa shape index (κ1) is 12.6. The molecule has 7 heteroatoms. The van der Waals surface area contributed by atoms with Crippen molar-refractivity contribution in [3.05, 3.63) is 18.5 Å². The number of nitrogen functional groups attached to an aromatic ring is 1. The molecule has 0 aliphatic rings. The molecule has 1 rings (SSSR count). The van der Waals surface area contributed by atoms with Gasteiger partial charge in [-0.05, 0) is 6.07 Å². The number of aromatic nitrogens is 1. The van der Waals surface area contributed by atoms with E-state index in [2.05, 4.69) is 15.0 Å². The summed E-state index contributed by atoms with van der Waals surface area (Å²) in [5.41, 5.74) is 6.63. The van der Waals surface area contributed by atoms with Crippen LogP contribution in [0.1, 0.15) is 0 Å². The quantitative estimate of drug-likeness (QED) is 0.762. The molecule has 0 atom stereocenters. The SMILES string of the molecule is Nc1cnccc1NCCOCC(F)(F)F. The van der Waals surface area contributed by atoms with Crippen LogP contribution in [0.2, 0.25) is 0 Å². The Balaban J connectivity index is 2.19. The highest BCUT2D eigenvalue weighted by atomic mass is 19.4. The Morgan fingerprint density at radius 1 is 1.44 bits per heavy atom. The molecule has 0 fully saturated rings. The summed E-state index contributed by atoms with van der Waals surface area (Å²) in [5, 5.41) is 2.84. The van der Waals surface area contributed by atoms with Crippen LogP contribution in [0.3, 0.4) is 0 Å². The van der Waals surface area contributed by atoms with Gasteiger partial charge in [0, 0.05) is 12.7 Å². The zero-order valence-electron chi connectivity index (χ0n) is 8.42. The maximum absolute atomic E-state index is 11.7. The van der Waals surface area contributed by atoms with Crippen LogP contribution in [-0.2, 0) is 4.74 Å². The van der Waals surface area contributed by atoms with E-state index in [1.165, 1.54) is 12.4 Å². The Kier molecular flexibility index (Phi) is 4.36. The van der Waals surface area contributed by atoms with Crippen molar-refractivity contribution in [3.8, 4) is 0 Å². The molecular weight excluding hydrogens is 223 g/mol. The Morgan fingerprint density at radius 2 is 2.19 bits per heavy atom. The summed E-state index contributed by atoms with van der Waals surface area (Å²) in [5.74, 6) is 0. The third-order valence-corrected chi connectivity index (χ3v) is 1.68. The van der Waals surface area contributed by atoms with E-state index in [4.69, 9.17) is 5.73 Å². The minimum atomic E-state index is -4.28. The van der Waals surface area contributed by atoms with E-state index in [-0.39, 0.29) is 13.2 Å². The van der Waals surface area contributed by atoms with E-state index < -0.39 is 12.8 Å². The molecule has 0 aliphatic heterocycles. The molecule has 0 saturated carbocycles. The first-order valence-electron chi connectivity index (χ1n) is 4.57. The zero-order valence-corrected chi connectivity index (χ0v) is 8.42. The lowest BCUT2D eigenvalue weighted by Crippen LogP contribution is -2.20. The largest absolute Gasteiger partial charge is 0.411 e. The first-order chi connectivity index (χ1) is 7.49. The minimum absolute atomic E-state index is 0.0404. The van der Waals surface area contributed by atoms with E-state index in [1.807, 2.05) is 0 Å². The van der Waals surface area contributed by atoms with Crippen molar-refractivity contribution in [2.75, 3.05) is 30.8 Å². The van der Waals surface area contributed by atoms with Gasteiger partial charge in [-0.2, -0.15) is 13.2 Å². The number of nitrogens with two attached hydrogens (primary N) is 1. The Labute approximate surface area is 90.6 Å². The van der Waals surface area contributed by atoms with E-state index in [0.717, 1.165) is 0 Å². The summed E-state index contributed by atoms with van der Waals surface area (Å²) in [4.78, 5) is 3.78. The molecule has 1 aromatic rings. The summed E-state index contributed by atoms with van der Waals surface area (Å²) in [6.45, 7) is -1.02. The predicted octanol–water partition coefficient (Wildman–Crippen LogP) is 1.65. The fraction of sp³-hybridized carbons (Fsp3) is 0.444. The van der Waals surface area contributed by atoms with Gasteiger partial charge in [0.25, 0.3) is 0 Å². The fourth-order valence-corrected chi connectivity index (χ4v) is 1.01. The lowest BCUT2D eigenvalue weighted by atomic mass is 10.3. The zero-order chi connectivity index (χ0) is 12.0. The van der Waals surface area contributed by atoms with Crippen molar-refractivity contribution in [1.29, 1.82) is 0 Å². The van der Waals surface area contributed by atoms with Crippen LogP contribution in [0.25, 0.3) is 0 Å². The first-order valence-corrected chi connectivity index (χ1v) is 4.57. The number of nitrogens with zero attached hydrogens (tertiary/aromatic N) is 1. The monoisotopic (exact) mass is 235 g/mol. The van der Waals surface area contributed by atoms with Gasteiger partial charge in [0.1, 0.15) is 6.61 Å². The van der Waals surface area contributed by atoms with Gasteiger partial charge < -0.3 is 15.8 Å². The van der Waals surface area contributed by atoms with Crippen LogP contribution in [0, 0.1) is 0 Å². The van der Waals surface area contributed by atoms with Gasteiger partial charge in [-0.25, -0.2) is 0 Å². The van der Waals surface area contributed by atoms with Gasteiger partial charge in [0.15, 0.2) is 0 Å². The molecule has 1 heterocycles. The molecular formula is C9H12F3N3O. The van der Waals surface area contributed by atoms with Gasteiger partial charge in [-0.1, -0.05) is 0 Å². The Morgan fingerprint density at radius 3 is 2.81 bits per heavy atom. The summed E-state index contributed by atoms with van der Waals surface area (Å²) >= 11 is 0. The van der Waals surface area contributed by atoms with Crippen molar-refractivity contribution in [3.63, 3.8) is 0 Å². The van der Waals surface area contributed by atoms with Gasteiger partial charge >= 0.3 is 6.18 Å². The number of hydrogen-bond donors (Lipinski definition) is 2. The van der Waals surface area contributed by atoms with Crippen LogP contribution >= 0.6 is 0 Å². The summed E-state index contributed by atoms with van der Waals surface area (Å²) in [6, 6.07) is 1.64. The second-order valence-corrected chi connectivity index (χ2v) is 3.06. The Bertz CT molecular complexity index is 330. The normalized spacial score (nSPS) is 11.4. The highest BCUT2D eigenvalue weighted by molar-refractivity contribution is 5.64. The maximum atomic E-state index is 11.7. The summed E-state index contributed by atoms with van der Waals surface area (Å²) in [7, 11) is 0. The van der Waals surface area contributed by atoms with Crippen LogP contribution in [0.4, 0.5) is 24.5 Å². The highest BCUT2D eigenvalue weighted by Gasteiger charge is 2.27. The smallest absolute Gasteiger partial charge is 0.396 e. The molecule has 0 aliphatic carbocycles. The summed E-state index contributed by atoms with van der Waals surface area (Å²) < 4.78 is 39.5. The van der Waals surface area contributed by atoms with Crippen molar-refractivity contribution >= 4 is 11.4 Å². The molecule has 0 saturated heterocycles. The van der Waals surface area contributed by atoms with Gasteiger partial charge in [-0.3, -0.25) is 4.98 Å². The summed E-state index contributed by atoms with van der Waals surface area (Å²) in [6.07, 6.45) is -1.29. The average Bonchev–Trinajstić information content (AvgIpc) is 2.18. The standard InChI is InChI=1S/C9H12F3N3O/c10-9(11,12)6-16-4-3-15-8-1-2-14-5-7(8)13/h1-2,5H,3-4,6,13H2,(H,14,15). The van der Waals surface area contributed by atoms with E-state index in [9.17, 15) is 13.2 Å². The van der Waals surface area contributed by atoms with Gasteiger partial charge in [0.2, 0.25) is 0 Å². The fourth-order valence-electron chi connectivity index (χ4n) is 1.01. The van der Waals surface area contributed by atoms with Crippen LogP contribution < -0.4 is 11.1 Å². The molecule has 16 heavy (non-hydrogen) atoms. The van der Waals surface area contributed by atoms with Crippen molar-refractivity contribution in [2.45, 2.75) is 6.18 Å². The van der Waals surface area contributed by atoms with E-state index in [0.29, 0.717) is 11.4 Å². The lowest BCUT2D eigenvalue weighted by molar-refractivity contribution is -0.172. The number of anilines is 2. The van der Waals surface area contributed by atoms with Crippen molar-refractivity contribution < 1.29 is 17.9 Å². The van der Waals surface area contributed by atoms with Gasteiger partial charge in [0.05, 0.1) is 24.2 Å². The van der Waals surface area contributed by atoms with Crippen LogP contribution in [0.5, 0.6) is 0 Å². The predicted molar refractivity (Wildman–Crippen MR) is 54.0 cm³/mol. The molecule has 0 aromatic carbocycles. The highest BCUT2D eigenvalue weighted by Crippen LogP contribution is 2.15. The molecule has 90 valence electrons. The molecule has 3 N–H and O–H groups in total. The number of pyridine rings is 1. The van der Waals surface area contributed by atoms with Gasteiger partial charge in [-0.15, -0.1) is 0 Å². The number of ether oxygens (including phenoxy) is 1. The average molecular weight is 235 g/mol. The number of alkyl halides is 3. The number of halogens is 3. The molecule has 0 bridgehead atoms. The molecule has 4 nitrogen and oxygen atoms in total. The van der Waals surface area contributed by atoms with E-state index >= 15 is 0 Å². The molecule has 0 radical (unpaired) electrons. The topological polar surface area (TPSA) is 60.2 Å². The third kappa shape index (κ3) is 4.83. The van der Waals surface area contributed by atoms with E-state index in [1.54, 1.807) is 6.07 Å². The molecule has 0 unspecified atom stereocenters. The number of rotatable bonds is 5.